The van der Waals surface area contributed by atoms with Crippen LogP contribution in [0.15, 0.2) is 21.9 Å². The SMILES string of the molecule is Cc1cc(S(=O)(=O)O)cc(S(N)(=O)=O)c1CO. The summed E-state index contributed by atoms with van der Waals surface area (Å²) in [6.45, 7) is 0.790. The molecule has 9 heteroatoms. The summed E-state index contributed by atoms with van der Waals surface area (Å²) in [7, 11) is -8.72. The highest BCUT2D eigenvalue weighted by molar-refractivity contribution is 7.89. The second-order valence-corrected chi connectivity index (χ2v) is 6.35. The van der Waals surface area contributed by atoms with Crippen molar-refractivity contribution >= 4 is 20.1 Å². The molecule has 0 unspecified atom stereocenters. The predicted octanol–water partition coefficient (Wildman–Crippen LogP) is -0.619. The first-order valence-electron chi connectivity index (χ1n) is 4.32. The first-order valence-corrected chi connectivity index (χ1v) is 7.30. The Morgan fingerprint density at radius 1 is 1.24 bits per heavy atom. The van der Waals surface area contributed by atoms with Crippen LogP contribution in [0.1, 0.15) is 11.1 Å². The molecule has 0 atom stereocenters. The third kappa shape index (κ3) is 3.01. The van der Waals surface area contributed by atoms with Crippen LogP contribution in [0.2, 0.25) is 0 Å². The van der Waals surface area contributed by atoms with E-state index in [1.165, 1.54) is 6.92 Å². The normalized spacial score (nSPS) is 12.7. The molecule has 7 nitrogen and oxygen atoms in total. The van der Waals surface area contributed by atoms with E-state index in [9.17, 15) is 16.8 Å². The molecule has 0 aliphatic carbocycles. The summed E-state index contributed by atoms with van der Waals surface area (Å²) in [6.07, 6.45) is 0. The Morgan fingerprint density at radius 3 is 2.12 bits per heavy atom. The summed E-state index contributed by atoms with van der Waals surface area (Å²) in [4.78, 5) is -1.11. The van der Waals surface area contributed by atoms with Crippen LogP contribution < -0.4 is 5.14 Å². The summed E-state index contributed by atoms with van der Waals surface area (Å²) in [5, 5.41) is 13.9. The van der Waals surface area contributed by atoms with Crippen molar-refractivity contribution in [1.29, 1.82) is 0 Å². The predicted molar refractivity (Wildman–Crippen MR) is 58.3 cm³/mol. The van der Waals surface area contributed by atoms with Gasteiger partial charge in [-0.1, -0.05) is 0 Å². The molecule has 0 radical (unpaired) electrons. The maximum Gasteiger partial charge on any atom is 0.294 e. The van der Waals surface area contributed by atoms with Crippen molar-refractivity contribution < 1.29 is 26.5 Å². The quantitative estimate of drug-likeness (QED) is 0.632. The molecule has 0 aliphatic rings. The minimum absolute atomic E-state index is 0.0000926. The average Bonchev–Trinajstić information content (AvgIpc) is 2.13. The van der Waals surface area contributed by atoms with Crippen LogP contribution in [0.25, 0.3) is 0 Å². The second-order valence-electron chi connectivity index (χ2n) is 3.40. The first-order chi connectivity index (χ1) is 7.57. The number of aryl methyl sites for hydroxylation is 1. The molecule has 0 fully saturated rings. The molecule has 0 saturated heterocycles. The Hall–Kier alpha value is -1.00. The van der Waals surface area contributed by atoms with Crippen molar-refractivity contribution in [1.82, 2.24) is 0 Å². The zero-order valence-electron chi connectivity index (χ0n) is 8.78. The van der Waals surface area contributed by atoms with Crippen molar-refractivity contribution in [2.24, 2.45) is 5.14 Å². The van der Waals surface area contributed by atoms with Gasteiger partial charge in [0.05, 0.1) is 16.4 Å². The first kappa shape index (κ1) is 14.1. The fourth-order valence-corrected chi connectivity index (χ4v) is 2.89. The Morgan fingerprint density at radius 2 is 1.76 bits per heavy atom. The van der Waals surface area contributed by atoms with Crippen molar-refractivity contribution in [3.63, 3.8) is 0 Å². The molecule has 1 aromatic rings. The van der Waals surface area contributed by atoms with Gasteiger partial charge in [0.1, 0.15) is 0 Å². The summed E-state index contributed by atoms with van der Waals surface area (Å²) >= 11 is 0. The molecule has 1 aromatic carbocycles. The van der Waals surface area contributed by atoms with Crippen LogP contribution in [0.5, 0.6) is 0 Å². The lowest BCUT2D eigenvalue weighted by molar-refractivity contribution is 0.277. The standard InChI is InChI=1S/C8H11NO6S2/c1-5-2-6(17(13,14)15)3-8(7(5)4-10)16(9,11)12/h2-3,10H,4H2,1H3,(H2,9,11,12)(H,13,14,15). The van der Waals surface area contributed by atoms with Crippen LogP contribution >= 0.6 is 0 Å². The van der Waals surface area contributed by atoms with Crippen LogP contribution in [0, 0.1) is 6.92 Å². The Bertz CT molecular complexity index is 647. The molecule has 0 saturated carbocycles. The molecule has 0 aromatic heterocycles. The second kappa shape index (κ2) is 4.35. The van der Waals surface area contributed by atoms with Gasteiger partial charge in [0.15, 0.2) is 0 Å². The molecule has 4 N–H and O–H groups in total. The largest absolute Gasteiger partial charge is 0.392 e. The third-order valence-electron chi connectivity index (χ3n) is 2.17. The van der Waals surface area contributed by atoms with E-state index in [2.05, 4.69) is 0 Å². The Labute approximate surface area is 98.7 Å². The van der Waals surface area contributed by atoms with Gasteiger partial charge in [0.2, 0.25) is 10.0 Å². The molecule has 0 aliphatic heterocycles. The van der Waals surface area contributed by atoms with E-state index >= 15 is 0 Å². The van der Waals surface area contributed by atoms with Crippen LogP contribution in [-0.2, 0) is 26.7 Å². The number of hydrogen-bond donors (Lipinski definition) is 3. The number of nitrogens with two attached hydrogens (primary N) is 1. The smallest absolute Gasteiger partial charge is 0.294 e. The van der Waals surface area contributed by atoms with Gasteiger partial charge in [-0.3, -0.25) is 4.55 Å². The van der Waals surface area contributed by atoms with Crippen molar-refractivity contribution in [3.05, 3.63) is 23.3 Å². The fraction of sp³-hybridized carbons (Fsp3) is 0.250. The van der Waals surface area contributed by atoms with Crippen molar-refractivity contribution in [2.45, 2.75) is 23.3 Å². The lowest BCUT2D eigenvalue weighted by Gasteiger charge is -2.10. The van der Waals surface area contributed by atoms with Gasteiger partial charge in [0.25, 0.3) is 10.1 Å². The summed E-state index contributed by atoms with van der Waals surface area (Å²) in [6, 6.07) is 1.76. The van der Waals surface area contributed by atoms with Crippen LogP contribution in [0.4, 0.5) is 0 Å². The van der Waals surface area contributed by atoms with E-state index in [0.29, 0.717) is 6.07 Å². The van der Waals surface area contributed by atoms with E-state index in [0.717, 1.165) is 6.07 Å². The van der Waals surface area contributed by atoms with Crippen molar-refractivity contribution in [3.8, 4) is 0 Å². The lowest BCUT2D eigenvalue weighted by Crippen LogP contribution is -2.16. The van der Waals surface area contributed by atoms with Crippen LogP contribution in [0.3, 0.4) is 0 Å². The third-order valence-corrected chi connectivity index (χ3v) is 3.98. The maximum atomic E-state index is 11.2. The van der Waals surface area contributed by atoms with E-state index in [1.54, 1.807) is 0 Å². The number of sulfonamides is 1. The number of primary sulfonamides is 1. The molecule has 0 heterocycles. The van der Waals surface area contributed by atoms with E-state index in [1.807, 2.05) is 0 Å². The van der Waals surface area contributed by atoms with Gasteiger partial charge in [-0.2, -0.15) is 8.42 Å². The monoisotopic (exact) mass is 281 g/mol. The van der Waals surface area contributed by atoms with Crippen molar-refractivity contribution in [2.75, 3.05) is 0 Å². The highest BCUT2D eigenvalue weighted by Crippen LogP contribution is 2.23. The molecular weight excluding hydrogens is 270 g/mol. The van der Waals surface area contributed by atoms with Crippen LogP contribution in [-0.4, -0.2) is 26.5 Å². The summed E-state index contributed by atoms with van der Waals surface area (Å²) in [5.74, 6) is 0. The van der Waals surface area contributed by atoms with Gasteiger partial charge in [-0.25, -0.2) is 13.6 Å². The van der Waals surface area contributed by atoms with E-state index in [-0.39, 0.29) is 11.1 Å². The fourth-order valence-electron chi connectivity index (χ4n) is 1.36. The molecule has 0 spiro atoms. The Kier molecular flexibility index (Phi) is 3.60. The number of aliphatic hydroxyl groups excluding tert-OH is 1. The zero-order chi connectivity index (χ0) is 13.4. The van der Waals surface area contributed by atoms with E-state index in [4.69, 9.17) is 14.8 Å². The highest BCUT2D eigenvalue weighted by Gasteiger charge is 2.21. The van der Waals surface area contributed by atoms with Gasteiger partial charge in [-0.05, 0) is 24.6 Å². The lowest BCUT2D eigenvalue weighted by atomic mass is 10.1. The molecule has 0 amide bonds. The zero-order valence-corrected chi connectivity index (χ0v) is 10.4. The topological polar surface area (TPSA) is 135 Å². The number of benzene rings is 1. The average molecular weight is 281 g/mol. The Balaban J connectivity index is 3.75. The number of hydrogen-bond acceptors (Lipinski definition) is 5. The minimum Gasteiger partial charge on any atom is -0.392 e. The van der Waals surface area contributed by atoms with Gasteiger partial charge < -0.3 is 5.11 Å². The molecule has 0 bridgehead atoms. The minimum atomic E-state index is -4.53. The highest BCUT2D eigenvalue weighted by atomic mass is 32.2. The molecule has 96 valence electrons. The molecular formula is C8H11NO6S2. The molecule has 1 rings (SSSR count). The van der Waals surface area contributed by atoms with Gasteiger partial charge >= 0.3 is 0 Å². The number of aliphatic hydroxyl groups is 1. The van der Waals surface area contributed by atoms with Gasteiger partial charge in [-0.15, -0.1) is 0 Å². The van der Waals surface area contributed by atoms with E-state index < -0.39 is 36.5 Å². The number of rotatable bonds is 3. The molecule has 17 heavy (non-hydrogen) atoms. The van der Waals surface area contributed by atoms with Gasteiger partial charge in [0, 0.05) is 5.56 Å². The summed E-state index contributed by atoms with van der Waals surface area (Å²) in [5.41, 5.74) is 0.201. The summed E-state index contributed by atoms with van der Waals surface area (Å²) < 4.78 is 53.2. The maximum absolute atomic E-state index is 11.2.